The van der Waals surface area contributed by atoms with Crippen LogP contribution in [0.3, 0.4) is 0 Å². The van der Waals surface area contributed by atoms with Gasteiger partial charge in [0.05, 0.1) is 10.7 Å². The van der Waals surface area contributed by atoms with E-state index < -0.39 is 0 Å². The molecule has 0 saturated carbocycles. The first kappa shape index (κ1) is 13.0. The predicted octanol–water partition coefficient (Wildman–Crippen LogP) is 2.22. The molecule has 0 spiro atoms. The number of fused-ring (bicyclic) bond motifs is 1. The van der Waals surface area contributed by atoms with E-state index in [1.54, 1.807) is 0 Å². The molecule has 2 rings (SSSR count). The van der Waals surface area contributed by atoms with Crippen molar-refractivity contribution in [3.63, 3.8) is 0 Å². The summed E-state index contributed by atoms with van der Waals surface area (Å²) in [6.45, 7) is 10.9. The molecule has 96 valence electrons. The van der Waals surface area contributed by atoms with E-state index in [0.717, 1.165) is 25.4 Å². The number of nitrogens with two attached hydrogens (primary N) is 1. The van der Waals surface area contributed by atoms with Gasteiger partial charge in [0.25, 0.3) is 0 Å². The van der Waals surface area contributed by atoms with Crippen LogP contribution < -0.4 is 5.73 Å². The average Bonchev–Trinajstić information content (AvgIpc) is 2.70. The van der Waals surface area contributed by atoms with Crippen molar-refractivity contribution < 1.29 is 0 Å². The van der Waals surface area contributed by atoms with Gasteiger partial charge in [0.1, 0.15) is 0 Å². The molecule has 17 heavy (non-hydrogen) atoms. The molecule has 1 unspecified atom stereocenters. The van der Waals surface area contributed by atoms with Crippen LogP contribution in [0.25, 0.3) is 0 Å². The number of rotatable bonds is 4. The Morgan fingerprint density at radius 1 is 1.41 bits per heavy atom. The fourth-order valence-corrected chi connectivity index (χ4v) is 3.47. The average molecular weight is 253 g/mol. The third kappa shape index (κ3) is 3.06. The minimum Gasteiger partial charge on any atom is -0.330 e. The lowest BCUT2D eigenvalue weighted by Gasteiger charge is -2.27. The zero-order chi connectivity index (χ0) is 12.4. The van der Waals surface area contributed by atoms with Crippen LogP contribution in [0.1, 0.15) is 42.3 Å². The molecule has 0 bridgehead atoms. The summed E-state index contributed by atoms with van der Waals surface area (Å²) >= 11 is 1.87. The second-order valence-electron chi connectivity index (χ2n) is 5.44. The Balaban J connectivity index is 2.07. The highest BCUT2D eigenvalue weighted by molar-refractivity contribution is 7.11. The standard InChI is InChI=1S/C13H23N3S/c1-9(2)7-16-5-4-11-12(8-16)17-13(15-11)10(3)6-14/h9-10H,4-8,14H2,1-3H3. The molecule has 0 amide bonds. The summed E-state index contributed by atoms with van der Waals surface area (Å²) in [7, 11) is 0. The van der Waals surface area contributed by atoms with Gasteiger partial charge in [-0.3, -0.25) is 4.90 Å². The van der Waals surface area contributed by atoms with Crippen molar-refractivity contribution in [3.05, 3.63) is 15.6 Å². The van der Waals surface area contributed by atoms with E-state index in [-0.39, 0.29) is 0 Å². The van der Waals surface area contributed by atoms with Crippen molar-refractivity contribution in [2.24, 2.45) is 11.7 Å². The molecule has 0 aliphatic carbocycles. The number of aromatic nitrogens is 1. The smallest absolute Gasteiger partial charge is 0.0972 e. The summed E-state index contributed by atoms with van der Waals surface area (Å²) in [6, 6.07) is 0. The zero-order valence-corrected chi connectivity index (χ0v) is 11.9. The Bertz CT molecular complexity index is 373. The minimum atomic E-state index is 0.407. The molecular weight excluding hydrogens is 230 g/mol. The Morgan fingerprint density at radius 3 is 2.82 bits per heavy atom. The van der Waals surface area contributed by atoms with Gasteiger partial charge in [-0.15, -0.1) is 11.3 Å². The van der Waals surface area contributed by atoms with Crippen LogP contribution in [0, 0.1) is 5.92 Å². The van der Waals surface area contributed by atoms with Gasteiger partial charge in [-0.2, -0.15) is 0 Å². The summed E-state index contributed by atoms with van der Waals surface area (Å²) in [5.74, 6) is 1.15. The number of thiazole rings is 1. The van der Waals surface area contributed by atoms with E-state index in [1.165, 1.54) is 22.1 Å². The van der Waals surface area contributed by atoms with Crippen LogP contribution in [-0.4, -0.2) is 29.5 Å². The Hall–Kier alpha value is -0.450. The van der Waals surface area contributed by atoms with Gasteiger partial charge in [0.15, 0.2) is 0 Å². The fraction of sp³-hybridized carbons (Fsp3) is 0.769. The van der Waals surface area contributed by atoms with Gasteiger partial charge in [-0.25, -0.2) is 4.98 Å². The van der Waals surface area contributed by atoms with Crippen LogP contribution in [-0.2, 0) is 13.0 Å². The van der Waals surface area contributed by atoms with Gasteiger partial charge in [0, 0.05) is 43.4 Å². The van der Waals surface area contributed by atoms with Crippen molar-refractivity contribution in [1.82, 2.24) is 9.88 Å². The predicted molar refractivity (Wildman–Crippen MR) is 73.4 cm³/mol. The highest BCUT2D eigenvalue weighted by Gasteiger charge is 2.22. The van der Waals surface area contributed by atoms with E-state index in [0.29, 0.717) is 12.5 Å². The lowest BCUT2D eigenvalue weighted by atomic mass is 10.1. The maximum Gasteiger partial charge on any atom is 0.0972 e. The Morgan fingerprint density at radius 2 is 2.18 bits per heavy atom. The molecule has 0 saturated heterocycles. The number of hydrogen-bond acceptors (Lipinski definition) is 4. The summed E-state index contributed by atoms with van der Waals surface area (Å²) < 4.78 is 0. The molecule has 0 fully saturated rings. The molecule has 1 aliphatic heterocycles. The van der Waals surface area contributed by atoms with Crippen LogP contribution in [0.4, 0.5) is 0 Å². The molecule has 4 heteroatoms. The lowest BCUT2D eigenvalue weighted by molar-refractivity contribution is 0.228. The largest absolute Gasteiger partial charge is 0.330 e. The van der Waals surface area contributed by atoms with Gasteiger partial charge < -0.3 is 5.73 Å². The molecule has 1 aromatic heterocycles. The third-order valence-corrected chi connectivity index (χ3v) is 4.54. The SMILES string of the molecule is CC(C)CN1CCc2nc(C(C)CN)sc2C1. The van der Waals surface area contributed by atoms with Crippen molar-refractivity contribution >= 4 is 11.3 Å². The third-order valence-electron chi connectivity index (χ3n) is 3.23. The molecule has 3 nitrogen and oxygen atoms in total. The first-order chi connectivity index (χ1) is 8.10. The van der Waals surface area contributed by atoms with Crippen LogP contribution in [0.15, 0.2) is 0 Å². The van der Waals surface area contributed by atoms with E-state index in [9.17, 15) is 0 Å². The molecular formula is C13H23N3S. The molecule has 1 aromatic rings. The Kier molecular flexibility index (Phi) is 4.17. The van der Waals surface area contributed by atoms with E-state index >= 15 is 0 Å². The minimum absolute atomic E-state index is 0.407. The van der Waals surface area contributed by atoms with Gasteiger partial charge >= 0.3 is 0 Å². The highest BCUT2D eigenvalue weighted by atomic mass is 32.1. The Labute approximate surface area is 108 Å². The normalized spacial score (nSPS) is 18.4. The highest BCUT2D eigenvalue weighted by Crippen LogP contribution is 2.29. The maximum atomic E-state index is 5.71. The molecule has 1 aliphatic rings. The van der Waals surface area contributed by atoms with E-state index in [1.807, 2.05) is 11.3 Å². The second kappa shape index (κ2) is 5.46. The molecule has 0 aromatic carbocycles. The molecule has 1 atom stereocenters. The van der Waals surface area contributed by atoms with Crippen molar-refractivity contribution in [2.75, 3.05) is 19.6 Å². The van der Waals surface area contributed by atoms with Crippen LogP contribution in [0.5, 0.6) is 0 Å². The first-order valence-electron chi connectivity index (χ1n) is 6.51. The molecule has 2 heterocycles. The maximum absolute atomic E-state index is 5.71. The zero-order valence-electron chi connectivity index (χ0n) is 11.1. The molecule has 2 N–H and O–H groups in total. The monoisotopic (exact) mass is 253 g/mol. The van der Waals surface area contributed by atoms with Crippen molar-refractivity contribution in [2.45, 2.75) is 39.7 Å². The van der Waals surface area contributed by atoms with E-state index in [2.05, 4.69) is 25.7 Å². The van der Waals surface area contributed by atoms with Crippen LogP contribution in [0.2, 0.25) is 0 Å². The summed E-state index contributed by atoms with van der Waals surface area (Å²) in [5, 5.41) is 1.23. The van der Waals surface area contributed by atoms with Gasteiger partial charge in [0.2, 0.25) is 0 Å². The quantitative estimate of drug-likeness (QED) is 0.894. The summed E-state index contributed by atoms with van der Waals surface area (Å²) in [6.07, 6.45) is 1.11. The first-order valence-corrected chi connectivity index (χ1v) is 7.32. The van der Waals surface area contributed by atoms with Gasteiger partial charge in [-0.05, 0) is 5.92 Å². The lowest BCUT2D eigenvalue weighted by Crippen LogP contribution is -2.32. The summed E-state index contributed by atoms with van der Waals surface area (Å²) in [4.78, 5) is 8.76. The van der Waals surface area contributed by atoms with Gasteiger partial charge in [-0.1, -0.05) is 20.8 Å². The number of hydrogen-bond donors (Lipinski definition) is 1. The fourth-order valence-electron chi connectivity index (χ4n) is 2.25. The second-order valence-corrected chi connectivity index (χ2v) is 6.55. The van der Waals surface area contributed by atoms with Crippen molar-refractivity contribution in [1.29, 1.82) is 0 Å². The number of nitrogens with zero attached hydrogens (tertiary/aromatic N) is 2. The molecule has 0 radical (unpaired) electrons. The summed E-state index contributed by atoms with van der Waals surface area (Å²) in [5.41, 5.74) is 7.04. The van der Waals surface area contributed by atoms with Crippen molar-refractivity contribution in [3.8, 4) is 0 Å². The van der Waals surface area contributed by atoms with E-state index in [4.69, 9.17) is 10.7 Å². The topological polar surface area (TPSA) is 42.2 Å². The van der Waals surface area contributed by atoms with Crippen LogP contribution >= 0.6 is 11.3 Å².